The van der Waals surface area contributed by atoms with Gasteiger partial charge in [-0.2, -0.15) is 4.98 Å². The van der Waals surface area contributed by atoms with Crippen LogP contribution in [0.2, 0.25) is 0 Å². The van der Waals surface area contributed by atoms with Crippen molar-refractivity contribution < 1.29 is 18.8 Å². The molecule has 0 aliphatic carbocycles. The number of nitrogens with zero attached hydrogens (tertiary/aromatic N) is 3. The van der Waals surface area contributed by atoms with Crippen molar-refractivity contribution in [2.75, 3.05) is 19.8 Å². The van der Waals surface area contributed by atoms with Gasteiger partial charge in [-0.05, 0) is 26.8 Å². The standard InChI is InChI=1S/C20H22N4O5/c1-20(2,3)28-19(26)24-8-9-27-11-15(24)17-22-18(29-23-17)13-10-16(25)21-14-7-5-4-6-12(13)14/h4-7,10,15H,8-9,11H2,1-3H3,(H,21,25)/t15-/m1/s1. The number of benzene rings is 1. The zero-order chi connectivity index (χ0) is 20.6. The van der Waals surface area contributed by atoms with Gasteiger partial charge in [-0.3, -0.25) is 9.69 Å². The van der Waals surface area contributed by atoms with Gasteiger partial charge in [0.2, 0.25) is 5.56 Å². The Morgan fingerprint density at radius 2 is 2.10 bits per heavy atom. The van der Waals surface area contributed by atoms with E-state index in [2.05, 4.69) is 15.1 Å². The van der Waals surface area contributed by atoms with Crippen molar-refractivity contribution in [2.24, 2.45) is 0 Å². The van der Waals surface area contributed by atoms with Crippen LogP contribution >= 0.6 is 0 Å². The van der Waals surface area contributed by atoms with Gasteiger partial charge in [-0.25, -0.2) is 4.79 Å². The molecule has 1 N–H and O–H groups in total. The fraction of sp³-hybridized carbons (Fsp3) is 0.400. The number of nitrogens with one attached hydrogen (secondary N) is 1. The van der Waals surface area contributed by atoms with Crippen molar-refractivity contribution in [1.29, 1.82) is 0 Å². The number of ether oxygens (including phenoxy) is 2. The molecular weight excluding hydrogens is 376 g/mol. The first-order chi connectivity index (χ1) is 13.8. The molecular formula is C20H22N4O5. The second-order valence-corrected chi connectivity index (χ2v) is 7.82. The Kier molecular flexibility index (Phi) is 4.83. The lowest BCUT2D eigenvalue weighted by Crippen LogP contribution is -2.46. The summed E-state index contributed by atoms with van der Waals surface area (Å²) in [6.07, 6.45) is -0.459. The van der Waals surface area contributed by atoms with E-state index in [9.17, 15) is 9.59 Å². The smallest absolute Gasteiger partial charge is 0.411 e. The quantitative estimate of drug-likeness (QED) is 0.706. The average Bonchev–Trinajstić information content (AvgIpc) is 3.16. The van der Waals surface area contributed by atoms with Crippen LogP contribution in [-0.2, 0) is 9.47 Å². The summed E-state index contributed by atoms with van der Waals surface area (Å²) in [5, 5.41) is 4.84. The Bertz CT molecular complexity index is 1100. The molecule has 152 valence electrons. The van der Waals surface area contributed by atoms with Crippen LogP contribution in [0.25, 0.3) is 22.4 Å². The van der Waals surface area contributed by atoms with E-state index in [1.165, 1.54) is 6.07 Å². The molecule has 0 saturated carbocycles. The number of H-pyrrole nitrogens is 1. The molecule has 0 unspecified atom stereocenters. The zero-order valence-corrected chi connectivity index (χ0v) is 16.5. The van der Waals surface area contributed by atoms with Crippen molar-refractivity contribution in [3.05, 3.63) is 46.5 Å². The molecule has 1 aliphatic heterocycles. The third-order valence-corrected chi connectivity index (χ3v) is 4.48. The molecule has 2 aromatic heterocycles. The van der Waals surface area contributed by atoms with Gasteiger partial charge in [0.15, 0.2) is 5.82 Å². The summed E-state index contributed by atoms with van der Waals surface area (Å²) in [6, 6.07) is 8.24. The monoisotopic (exact) mass is 398 g/mol. The largest absolute Gasteiger partial charge is 0.444 e. The number of fused-ring (bicyclic) bond motifs is 1. The normalized spacial score (nSPS) is 17.5. The lowest BCUT2D eigenvalue weighted by atomic mass is 10.1. The highest BCUT2D eigenvalue weighted by molar-refractivity contribution is 5.91. The first-order valence-electron chi connectivity index (χ1n) is 9.35. The fourth-order valence-electron chi connectivity index (χ4n) is 3.22. The maximum atomic E-state index is 12.6. The molecule has 1 aliphatic rings. The molecule has 1 atom stereocenters. The van der Waals surface area contributed by atoms with Crippen molar-refractivity contribution in [3.63, 3.8) is 0 Å². The Balaban J connectivity index is 1.68. The second-order valence-electron chi connectivity index (χ2n) is 7.82. The molecule has 1 saturated heterocycles. The summed E-state index contributed by atoms with van der Waals surface area (Å²) < 4.78 is 16.5. The van der Waals surface area contributed by atoms with Crippen LogP contribution in [0.15, 0.2) is 39.6 Å². The summed E-state index contributed by atoms with van der Waals surface area (Å²) in [5.74, 6) is 0.506. The van der Waals surface area contributed by atoms with Crippen LogP contribution < -0.4 is 5.56 Å². The minimum absolute atomic E-state index is 0.206. The molecule has 0 radical (unpaired) electrons. The van der Waals surface area contributed by atoms with Crippen molar-refractivity contribution >= 4 is 17.0 Å². The van der Waals surface area contributed by atoms with E-state index in [-0.39, 0.29) is 18.1 Å². The molecule has 29 heavy (non-hydrogen) atoms. The maximum absolute atomic E-state index is 12.6. The van der Waals surface area contributed by atoms with Crippen LogP contribution in [0.1, 0.15) is 32.6 Å². The number of hydrogen-bond acceptors (Lipinski definition) is 7. The number of amides is 1. The van der Waals surface area contributed by atoms with Gasteiger partial charge in [0, 0.05) is 23.5 Å². The third-order valence-electron chi connectivity index (χ3n) is 4.48. The van der Waals surface area contributed by atoms with Gasteiger partial charge in [-0.1, -0.05) is 23.4 Å². The molecule has 4 rings (SSSR count). The third kappa shape index (κ3) is 4.00. The highest BCUT2D eigenvalue weighted by atomic mass is 16.6. The maximum Gasteiger partial charge on any atom is 0.411 e. The molecule has 1 fully saturated rings. The Labute approximate surface area is 166 Å². The summed E-state index contributed by atoms with van der Waals surface area (Å²) in [6.45, 7) is 6.42. The van der Waals surface area contributed by atoms with E-state index in [1.54, 1.807) is 11.0 Å². The van der Waals surface area contributed by atoms with Gasteiger partial charge in [-0.15, -0.1) is 0 Å². The van der Waals surface area contributed by atoms with Crippen LogP contribution in [0, 0.1) is 0 Å². The molecule has 3 aromatic rings. The van der Waals surface area contributed by atoms with E-state index in [0.29, 0.717) is 30.1 Å². The van der Waals surface area contributed by atoms with E-state index >= 15 is 0 Å². The molecule has 3 heterocycles. The minimum atomic E-state index is -0.619. The van der Waals surface area contributed by atoms with Gasteiger partial charge in [0.1, 0.15) is 11.6 Å². The van der Waals surface area contributed by atoms with Crippen molar-refractivity contribution in [2.45, 2.75) is 32.4 Å². The van der Waals surface area contributed by atoms with E-state index in [0.717, 1.165) is 5.39 Å². The molecule has 0 spiro atoms. The SMILES string of the molecule is CC(C)(C)OC(=O)N1CCOC[C@@H]1c1noc(-c2cc(=O)[nH]c3ccccc23)n1. The van der Waals surface area contributed by atoms with E-state index < -0.39 is 17.7 Å². The number of morpholine rings is 1. The number of aromatic nitrogens is 3. The molecule has 1 aromatic carbocycles. The van der Waals surface area contributed by atoms with Crippen LogP contribution in [-0.4, -0.2) is 51.5 Å². The van der Waals surface area contributed by atoms with Crippen molar-refractivity contribution in [3.8, 4) is 11.5 Å². The van der Waals surface area contributed by atoms with Gasteiger partial charge >= 0.3 is 6.09 Å². The van der Waals surface area contributed by atoms with Crippen LogP contribution in [0.5, 0.6) is 0 Å². The second kappa shape index (κ2) is 7.32. The molecule has 1 amide bonds. The predicted molar refractivity (Wildman–Crippen MR) is 104 cm³/mol. The first-order valence-corrected chi connectivity index (χ1v) is 9.35. The number of aromatic amines is 1. The molecule has 9 nitrogen and oxygen atoms in total. The highest BCUT2D eigenvalue weighted by Crippen LogP contribution is 2.29. The Morgan fingerprint density at radius 3 is 2.90 bits per heavy atom. The number of pyridine rings is 1. The Morgan fingerprint density at radius 1 is 1.31 bits per heavy atom. The fourth-order valence-corrected chi connectivity index (χ4v) is 3.22. The number of carbonyl (C=O) groups excluding carboxylic acids is 1. The number of hydrogen-bond donors (Lipinski definition) is 1. The average molecular weight is 398 g/mol. The van der Waals surface area contributed by atoms with E-state index in [1.807, 2.05) is 39.0 Å². The first kappa shape index (κ1) is 19.1. The predicted octanol–water partition coefficient (Wildman–Crippen LogP) is 2.89. The van der Waals surface area contributed by atoms with Gasteiger partial charge in [0.05, 0.1) is 18.8 Å². The highest BCUT2D eigenvalue weighted by Gasteiger charge is 2.35. The minimum Gasteiger partial charge on any atom is -0.444 e. The molecule has 9 heteroatoms. The summed E-state index contributed by atoms with van der Waals surface area (Å²) in [5.41, 5.74) is 0.316. The van der Waals surface area contributed by atoms with E-state index in [4.69, 9.17) is 14.0 Å². The summed E-state index contributed by atoms with van der Waals surface area (Å²) in [4.78, 5) is 33.4. The number of carbonyl (C=O) groups is 1. The van der Waals surface area contributed by atoms with Crippen molar-refractivity contribution in [1.82, 2.24) is 20.0 Å². The lowest BCUT2D eigenvalue weighted by Gasteiger charge is -2.34. The lowest BCUT2D eigenvalue weighted by molar-refractivity contribution is -0.0354. The van der Waals surface area contributed by atoms with Crippen LogP contribution in [0.4, 0.5) is 4.79 Å². The van der Waals surface area contributed by atoms with Gasteiger partial charge in [0.25, 0.3) is 5.89 Å². The number of rotatable bonds is 2. The topological polar surface area (TPSA) is 111 Å². The summed E-state index contributed by atoms with van der Waals surface area (Å²) >= 11 is 0. The zero-order valence-electron chi connectivity index (χ0n) is 16.5. The number of para-hydroxylation sites is 1. The molecule has 0 bridgehead atoms. The Hall–Kier alpha value is -3.20. The summed E-state index contributed by atoms with van der Waals surface area (Å²) in [7, 11) is 0. The van der Waals surface area contributed by atoms with Crippen LogP contribution in [0.3, 0.4) is 0 Å². The van der Waals surface area contributed by atoms with Gasteiger partial charge < -0.3 is 19.0 Å².